The molecule has 16 heavy (non-hydrogen) atoms. The van der Waals surface area contributed by atoms with E-state index >= 15 is 0 Å². The van der Waals surface area contributed by atoms with Gasteiger partial charge in [0.2, 0.25) is 5.91 Å². The molecule has 5 heteroatoms. The first-order chi connectivity index (χ1) is 7.40. The van der Waals surface area contributed by atoms with Gasteiger partial charge >= 0.3 is 5.97 Å². The van der Waals surface area contributed by atoms with Crippen LogP contribution < -0.4 is 5.32 Å². The van der Waals surface area contributed by atoms with E-state index in [4.69, 9.17) is 10.2 Å². The van der Waals surface area contributed by atoms with Crippen LogP contribution in [-0.2, 0) is 9.59 Å². The predicted octanol–water partition coefficient (Wildman–Crippen LogP) is 0.685. The molecule has 1 amide bonds. The third-order valence-corrected chi connectivity index (χ3v) is 2.40. The third-order valence-electron chi connectivity index (χ3n) is 2.40. The molecule has 0 rings (SSSR count). The lowest BCUT2D eigenvalue weighted by atomic mass is 10.1. The number of carbonyl (C=O) groups is 2. The summed E-state index contributed by atoms with van der Waals surface area (Å²) >= 11 is 0. The third kappa shape index (κ3) is 4.93. The first-order valence-electron chi connectivity index (χ1n) is 5.22. The Hall–Kier alpha value is -1.36. The lowest BCUT2D eigenvalue weighted by Crippen LogP contribution is -2.33. The summed E-state index contributed by atoms with van der Waals surface area (Å²) in [7, 11) is 0. The highest BCUT2D eigenvalue weighted by atomic mass is 16.4. The van der Waals surface area contributed by atoms with E-state index in [9.17, 15) is 9.59 Å². The molecule has 0 heterocycles. The molecule has 1 unspecified atom stereocenters. The van der Waals surface area contributed by atoms with Gasteiger partial charge in [0.1, 0.15) is 0 Å². The maximum atomic E-state index is 11.6. The number of aliphatic hydroxyl groups is 1. The van der Waals surface area contributed by atoms with Crippen LogP contribution in [0.3, 0.4) is 0 Å². The maximum Gasteiger partial charge on any atom is 0.331 e. The summed E-state index contributed by atoms with van der Waals surface area (Å²) in [4.78, 5) is 22.2. The van der Waals surface area contributed by atoms with Crippen molar-refractivity contribution in [3.63, 3.8) is 0 Å². The van der Waals surface area contributed by atoms with Gasteiger partial charge < -0.3 is 15.5 Å². The second kappa shape index (κ2) is 7.00. The Morgan fingerprint density at radius 2 is 1.81 bits per heavy atom. The molecule has 92 valence electrons. The molecule has 0 aromatic rings. The first-order valence-corrected chi connectivity index (χ1v) is 5.22. The number of nitrogens with one attached hydrogen (secondary N) is 1. The zero-order valence-electron chi connectivity index (χ0n) is 9.91. The smallest absolute Gasteiger partial charge is 0.331 e. The molecule has 0 saturated heterocycles. The number of aliphatic carboxylic acids is 1. The molecule has 0 aliphatic rings. The van der Waals surface area contributed by atoms with Crippen molar-refractivity contribution >= 4 is 11.9 Å². The molecule has 0 bridgehead atoms. The Bertz CT molecular complexity index is 296. The van der Waals surface area contributed by atoms with Crippen molar-refractivity contribution in [1.29, 1.82) is 0 Å². The van der Waals surface area contributed by atoms with Crippen molar-refractivity contribution in [1.82, 2.24) is 5.32 Å². The van der Waals surface area contributed by atoms with Crippen molar-refractivity contribution in [2.45, 2.75) is 39.7 Å². The van der Waals surface area contributed by atoms with Crippen molar-refractivity contribution in [2.24, 2.45) is 0 Å². The highest BCUT2D eigenvalue weighted by Gasteiger charge is 2.14. The van der Waals surface area contributed by atoms with E-state index < -0.39 is 5.97 Å². The van der Waals surface area contributed by atoms with E-state index in [0.717, 1.165) is 0 Å². The highest BCUT2D eigenvalue weighted by molar-refractivity contribution is 6.01. The summed E-state index contributed by atoms with van der Waals surface area (Å²) in [5, 5.41) is 20.0. The molecule has 0 aliphatic heterocycles. The molecular formula is C11H19NO4. The zero-order chi connectivity index (χ0) is 12.7. The van der Waals surface area contributed by atoms with Crippen LogP contribution in [0.4, 0.5) is 0 Å². The molecule has 0 radical (unpaired) electrons. The number of hydrogen-bond acceptors (Lipinski definition) is 3. The van der Waals surface area contributed by atoms with Gasteiger partial charge in [-0.05, 0) is 33.6 Å². The van der Waals surface area contributed by atoms with Crippen LogP contribution in [-0.4, -0.2) is 34.7 Å². The molecule has 3 N–H and O–H groups in total. The Balaban J connectivity index is 4.36. The minimum absolute atomic E-state index is 0.0480. The van der Waals surface area contributed by atoms with Crippen molar-refractivity contribution < 1.29 is 19.8 Å². The number of aliphatic hydroxyl groups excluding tert-OH is 1. The van der Waals surface area contributed by atoms with Gasteiger partial charge in [-0.1, -0.05) is 0 Å². The molecule has 1 atom stereocenters. The van der Waals surface area contributed by atoms with Gasteiger partial charge in [-0.2, -0.15) is 0 Å². The number of hydrogen-bond donors (Lipinski definition) is 3. The normalized spacial score (nSPS) is 14.0. The quantitative estimate of drug-likeness (QED) is 0.585. The molecular weight excluding hydrogens is 210 g/mol. The second-order valence-electron chi connectivity index (χ2n) is 3.80. The number of carbonyl (C=O) groups excluding carboxylic acids is 1. The van der Waals surface area contributed by atoms with Gasteiger partial charge in [0.05, 0.1) is 0 Å². The van der Waals surface area contributed by atoms with Gasteiger partial charge in [-0.15, -0.1) is 0 Å². The minimum atomic E-state index is -1.09. The SMILES string of the molecule is CC(C(=O)O)=C(C)C(=O)NC(C)CCCO. The summed E-state index contributed by atoms with van der Waals surface area (Å²) in [6, 6.07) is -0.0730. The minimum Gasteiger partial charge on any atom is -0.478 e. The standard InChI is InChI=1S/C11H19NO4/c1-7(5-4-6-13)12-10(14)8(2)9(3)11(15)16/h7,13H,4-6H2,1-3H3,(H,12,14)(H,15,16). The van der Waals surface area contributed by atoms with E-state index in [0.29, 0.717) is 12.8 Å². The number of carboxylic acids is 1. The fourth-order valence-corrected chi connectivity index (χ4v) is 1.13. The maximum absolute atomic E-state index is 11.6. The zero-order valence-corrected chi connectivity index (χ0v) is 9.91. The molecule has 0 spiro atoms. The Morgan fingerprint density at radius 3 is 2.25 bits per heavy atom. The molecule has 5 nitrogen and oxygen atoms in total. The van der Waals surface area contributed by atoms with Crippen LogP contribution in [0.25, 0.3) is 0 Å². The average molecular weight is 229 g/mol. The fraction of sp³-hybridized carbons (Fsp3) is 0.636. The number of amides is 1. The molecule has 0 aromatic heterocycles. The van der Waals surface area contributed by atoms with Crippen molar-refractivity contribution in [3.05, 3.63) is 11.1 Å². The summed E-state index contributed by atoms with van der Waals surface area (Å²) in [5.74, 6) is -1.46. The Labute approximate surface area is 95.2 Å². The molecule has 0 aliphatic carbocycles. The van der Waals surface area contributed by atoms with Gasteiger partial charge in [0.25, 0.3) is 0 Å². The summed E-state index contributed by atoms with van der Waals surface area (Å²) in [6.45, 7) is 4.79. The molecule has 0 saturated carbocycles. The monoisotopic (exact) mass is 229 g/mol. The van der Waals surface area contributed by atoms with Crippen molar-refractivity contribution in [2.75, 3.05) is 6.61 Å². The van der Waals surface area contributed by atoms with E-state index in [-0.39, 0.29) is 29.7 Å². The Morgan fingerprint density at radius 1 is 1.25 bits per heavy atom. The van der Waals surface area contributed by atoms with Crippen LogP contribution in [0.2, 0.25) is 0 Å². The van der Waals surface area contributed by atoms with E-state index in [1.807, 2.05) is 6.92 Å². The van der Waals surface area contributed by atoms with E-state index in [1.54, 1.807) is 0 Å². The van der Waals surface area contributed by atoms with E-state index in [2.05, 4.69) is 5.32 Å². The Kier molecular flexibility index (Phi) is 6.41. The fourth-order valence-electron chi connectivity index (χ4n) is 1.13. The summed E-state index contributed by atoms with van der Waals surface area (Å²) in [6.07, 6.45) is 1.28. The van der Waals surface area contributed by atoms with Crippen LogP contribution in [0.15, 0.2) is 11.1 Å². The van der Waals surface area contributed by atoms with E-state index in [1.165, 1.54) is 13.8 Å². The van der Waals surface area contributed by atoms with Crippen LogP contribution in [0.5, 0.6) is 0 Å². The van der Waals surface area contributed by atoms with Gasteiger partial charge in [-0.3, -0.25) is 4.79 Å². The number of rotatable bonds is 6. The van der Waals surface area contributed by atoms with Crippen LogP contribution in [0, 0.1) is 0 Å². The summed E-state index contributed by atoms with van der Waals surface area (Å²) in [5.41, 5.74) is 0.259. The summed E-state index contributed by atoms with van der Waals surface area (Å²) < 4.78 is 0. The molecule has 0 fully saturated rings. The number of carboxylic acid groups (broad SMARTS) is 1. The largest absolute Gasteiger partial charge is 0.478 e. The van der Waals surface area contributed by atoms with Crippen LogP contribution in [0.1, 0.15) is 33.6 Å². The second-order valence-corrected chi connectivity index (χ2v) is 3.80. The predicted molar refractivity (Wildman–Crippen MR) is 59.9 cm³/mol. The highest BCUT2D eigenvalue weighted by Crippen LogP contribution is 2.05. The topological polar surface area (TPSA) is 86.6 Å². The average Bonchev–Trinajstić information content (AvgIpc) is 2.23. The first kappa shape index (κ1) is 14.6. The van der Waals surface area contributed by atoms with Crippen LogP contribution >= 0.6 is 0 Å². The van der Waals surface area contributed by atoms with Gasteiger partial charge in [0.15, 0.2) is 0 Å². The molecule has 0 aromatic carbocycles. The van der Waals surface area contributed by atoms with Gasteiger partial charge in [-0.25, -0.2) is 4.79 Å². The lowest BCUT2D eigenvalue weighted by Gasteiger charge is -2.13. The van der Waals surface area contributed by atoms with Crippen molar-refractivity contribution in [3.8, 4) is 0 Å². The van der Waals surface area contributed by atoms with Gasteiger partial charge in [0, 0.05) is 23.8 Å². The lowest BCUT2D eigenvalue weighted by molar-refractivity contribution is -0.133.